The first-order valence-electron chi connectivity index (χ1n) is 10.3. The van der Waals surface area contributed by atoms with Crippen LogP contribution in [0, 0.1) is 11.3 Å². The average Bonchev–Trinajstić information content (AvgIpc) is 3.07. The van der Waals surface area contributed by atoms with Crippen molar-refractivity contribution >= 4 is 22.6 Å². The lowest BCUT2D eigenvalue weighted by molar-refractivity contribution is 0.249. The Morgan fingerprint density at radius 1 is 1.20 bits per heavy atom. The Morgan fingerprint density at radius 2 is 1.93 bits per heavy atom. The minimum atomic E-state index is -0.220. The van der Waals surface area contributed by atoms with Crippen LogP contribution in [0.1, 0.15) is 39.2 Å². The van der Waals surface area contributed by atoms with Crippen molar-refractivity contribution in [3.63, 3.8) is 0 Å². The second-order valence-corrected chi connectivity index (χ2v) is 7.36. The number of anilines is 1. The molecule has 0 saturated carbocycles. The number of hydrogen-bond donors (Lipinski definition) is 2. The fraction of sp³-hybridized carbons (Fsp3) is 0.333. The third-order valence-electron chi connectivity index (χ3n) is 5.24. The van der Waals surface area contributed by atoms with Gasteiger partial charge in [-0.3, -0.25) is 0 Å². The number of fused-ring (bicyclic) bond motifs is 1. The quantitative estimate of drug-likeness (QED) is 0.544. The molecule has 6 nitrogen and oxygen atoms in total. The summed E-state index contributed by atoms with van der Waals surface area (Å²) < 4.78 is 7.56. The number of benzene rings is 2. The maximum absolute atomic E-state index is 12.1. The van der Waals surface area contributed by atoms with E-state index in [0.29, 0.717) is 11.3 Å². The van der Waals surface area contributed by atoms with Gasteiger partial charge in [0.2, 0.25) is 0 Å². The predicted octanol–water partition coefficient (Wildman–Crippen LogP) is 5.52. The van der Waals surface area contributed by atoms with E-state index in [1.807, 2.05) is 56.3 Å². The molecule has 0 bridgehead atoms. The molecule has 0 aliphatic rings. The molecule has 1 atom stereocenters. The fourth-order valence-corrected chi connectivity index (χ4v) is 3.53. The number of carbonyl (C=O) groups is 1. The molecule has 2 N–H and O–H groups in total. The standard InChI is InChI=1S/C24H28N4O2/c1-5-13-28-22-14-19(30-4)11-12-20(22)21(15-25)23(28)17-7-9-18(10-8-17)27-24(29)26-16(3)6-2/h7-12,14,16H,5-6,13H2,1-4H3,(H2,26,27,29). The lowest BCUT2D eigenvalue weighted by atomic mass is 10.1. The van der Waals surface area contributed by atoms with Gasteiger partial charge in [-0.25, -0.2) is 4.79 Å². The molecule has 156 valence electrons. The molecule has 0 aliphatic carbocycles. The summed E-state index contributed by atoms with van der Waals surface area (Å²) in [6.45, 7) is 6.90. The summed E-state index contributed by atoms with van der Waals surface area (Å²) in [5.41, 5.74) is 4.16. The topological polar surface area (TPSA) is 79.1 Å². The van der Waals surface area contributed by atoms with E-state index in [9.17, 15) is 10.1 Å². The molecule has 0 fully saturated rings. The number of methoxy groups -OCH3 is 1. The number of carbonyl (C=O) groups excluding carboxylic acids is 1. The minimum absolute atomic E-state index is 0.115. The monoisotopic (exact) mass is 404 g/mol. The Hall–Kier alpha value is -3.46. The van der Waals surface area contributed by atoms with Gasteiger partial charge in [0.25, 0.3) is 0 Å². The van der Waals surface area contributed by atoms with Crippen LogP contribution in [0.25, 0.3) is 22.2 Å². The van der Waals surface area contributed by atoms with E-state index >= 15 is 0 Å². The largest absolute Gasteiger partial charge is 0.497 e. The second-order valence-electron chi connectivity index (χ2n) is 7.36. The summed E-state index contributed by atoms with van der Waals surface area (Å²) in [6.07, 6.45) is 1.81. The zero-order chi connectivity index (χ0) is 21.7. The van der Waals surface area contributed by atoms with Crippen LogP contribution in [0.5, 0.6) is 5.75 Å². The molecule has 2 aromatic carbocycles. The Morgan fingerprint density at radius 3 is 2.53 bits per heavy atom. The van der Waals surface area contributed by atoms with E-state index in [0.717, 1.165) is 47.3 Å². The third-order valence-corrected chi connectivity index (χ3v) is 5.24. The summed E-state index contributed by atoms with van der Waals surface area (Å²) in [4.78, 5) is 12.1. The van der Waals surface area contributed by atoms with Crippen molar-refractivity contribution in [1.29, 1.82) is 5.26 Å². The highest BCUT2D eigenvalue weighted by Crippen LogP contribution is 2.36. The SMILES string of the molecule is CCCn1c(-c2ccc(NC(=O)NC(C)CC)cc2)c(C#N)c2ccc(OC)cc21. The van der Waals surface area contributed by atoms with Gasteiger partial charge in [-0.05, 0) is 49.6 Å². The van der Waals surface area contributed by atoms with Crippen molar-refractivity contribution in [2.24, 2.45) is 0 Å². The molecule has 2 amide bonds. The molecule has 1 aromatic heterocycles. The fourth-order valence-electron chi connectivity index (χ4n) is 3.53. The Bertz CT molecular complexity index is 1080. The Kier molecular flexibility index (Phi) is 6.63. The first-order valence-corrected chi connectivity index (χ1v) is 10.3. The van der Waals surface area contributed by atoms with Crippen molar-refractivity contribution in [3.05, 3.63) is 48.0 Å². The smallest absolute Gasteiger partial charge is 0.319 e. The van der Waals surface area contributed by atoms with Gasteiger partial charge >= 0.3 is 6.03 Å². The number of aryl methyl sites for hydroxylation is 1. The first-order chi connectivity index (χ1) is 14.5. The molecule has 1 heterocycles. The van der Waals surface area contributed by atoms with Crippen LogP contribution in [0.15, 0.2) is 42.5 Å². The first kappa shape index (κ1) is 21.3. The molecule has 0 radical (unpaired) electrons. The highest BCUT2D eigenvalue weighted by molar-refractivity contribution is 5.96. The van der Waals surface area contributed by atoms with Crippen LogP contribution in [0.2, 0.25) is 0 Å². The van der Waals surface area contributed by atoms with Crippen LogP contribution in [0.4, 0.5) is 10.5 Å². The highest BCUT2D eigenvalue weighted by atomic mass is 16.5. The second kappa shape index (κ2) is 9.36. The van der Waals surface area contributed by atoms with Gasteiger partial charge in [-0.2, -0.15) is 5.26 Å². The van der Waals surface area contributed by atoms with Crippen molar-refractivity contribution in [2.75, 3.05) is 12.4 Å². The summed E-state index contributed by atoms with van der Waals surface area (Å²) in [5, 5.41) is 16.6. The summed E-state index contributed by atoms with van der Waals surface area (Å²) in [7, 11) is 1.64. The van der Waals surface area contributed by atoms with Gasteiger partial charge in [-0.15, -0.1) is 0 Å². The molecule has 0 spiro atoms. The predicted molar refractivity (Wildman–Crippen MR) is 121 cm³/mol. The van der Waals surface area contributed by atoms with Gasteiger partial charge in [-0.1, -0.05) is 26.0 Å². The number of nitrogens with one attached hydrogen (secondary N) is 2. The highest BCUT2D eigenvalue weighted by Gasteiger charge is 2.19. The number of rotatable bonds is 7. The Balaban J connectivity index is 2.00. The van der Waals surface area contributed by atoms with Gasteiger partial charge < -0.3 is 19.9 Å². The summed E-state index contributed by atoms with van der Waals surface area (Å²) in [6, 6.07) is 15.7. The normalized spacial score (nSPS) is 11.7. The zero-order valence-electron chi connectivity index (χ0n) is 18.0. The number of nitrogens with zero attached hydrogens (tertiary/aromatic N) is 2. The molecular weight excluding hydrogens is 376 g/mol. The zero-order valence-corrected chi connectivity index (χ0v) is 18.0. The molecular formula is C24H28N4O2. The number of ether oxygens (including phenoxy) is 1. The molecule has 0 saturated heterocycles. The van der Waals surface area contributed by atoms with E-state index in [1.54, 1.807) is 7.11 Å². The molecule has 3 rings (SSSR count). The van der Waals surface area contributed by atoms with Gasteiger partial charge in [0, 0.05) is 29.7 Å². The Labute approximate surface area is 177 Å². The van der Waals surface area contributed by atoms with Crippen LogP contribution in [-0.2, 0) is 6.54 Å². The van der Waals surface area contributed by atoms with Crippen molar-refractivity contribution < 1.29 is 9.53 Å². The number of hydrogen-bond acceptors (Lipinski definition) is 3. The van der Waals surface area contributed by atoms with Gasteiger partial charge in [0.15, 0.2) is 0 Å². The summed E-state index contributed by atoms with van der Waals surface area (Å²) >= 11 is 0. The minimum Gasteiger partial charge on any atom is -0.497 e. The lowest BCUT2D eigenvalue weighted by Crippen LogP contribution is -2.35. The molecule has 0 aliphatic heterocycles. The molecule has 3 aromatic rings. The van der Waals surface area contributed by atoms with Crippen molar-refractivity contribution in [3.8, 4) is 23.1 Å². The van der Waals surface area contributed by atoms with Gasteiger partial charge in [0.05, 0.1) is 23.9 Å². The maximum atomic E-state index is 12.1. The van der Waals surface area contributed by atoms with Crippen LogP contribution >= 0.6 is 0 Å². The van der Waals surface area contributed by atoms with Crippen LogP contribution < -0.4 is 15.4 Å². The number of aromatic nitrogens is 1. The molecule has 6 heteroatoms. The van der Waals surface area contributed by atoms with Crippen molar-refractivity contribution in [1.82, 2.24) is 9.88 Å². The van der Waals surface area contributed by atoms with Crippen molar-refractivity contribution in [2.45, 2.75) is 46.2 Å². The molecule has 1 unspecified atom stereocenters. The lowest BCUT2D eigenvalue weighted by Gasteiger charge is -2.13. The summed E-state index contributed by atoms with van der Waals surface area (Å²) in [5.74, 6) is 0.764. The van der Waals surface area contributed by atoms with Crippen LogP contribution in [0.3, 0.4) is 0 Å². The van der Waals surface area contributed by atoms with E-state index in [2.05, 4.69) is 28.2 Å². The maximum Gasteiger partial charge on any atom is 0.319 e. The number of amides is 2. The number of urea groups is 1. The van der Waals surface area contributed by atoms with Gasteiger partial charge in [0.1, 0.15) is 11.8 Å². The van der Waals surface area contributed by atoms with E-state index in [1.165, 1.54) is 0 Å². The van der Waals surface area contributed by atoms with E-state index in [-0.39, 0.29) is 12.1 Å². The van der Waals surface area contributed by atoms with E-state index in [4.69, 9.17) is 4.74 Å². The van der Waals surface area contributed by atoms with Crippen LogP contribution in [-0.4, -0.2) is 23.7 Å². The third kappa shape index (κ3) is 4.25. The van der Waals surface area contributed by atoms with E-state index < -0.39 is 0 Å². The average molecular weight is 405 g/mol. The molecule has 30 heavy (non-hydrogen) atoms. The number of nitriles is 1.